The van der Waals surface area contributed by atoms with Crippen LogP contribution in [0.1, 0.15) is 26.0 Å². The van der Waals surface area contributed by atoms with Crippen LogP contribution < -0.4 is 5.32 Å². The van der Waals surface area contributed by atoms with E-state index in [0.29, 0.717) is 18.0 Å². The predicted octanol–water partition coefficient (Wildman–Crippen LogP) is 2.10. The minimum atomic E-state index is 0.608. The van der Waals surface area contributed by atoms with E-state index < -0.39 is 0 Å². The van der Waals surface area contributed by atoms with Gasteiger partial charge < -0.3 is 9.73 Å². The van der Waals surface area contributed by atoms with Gasteiger partial charge in [-0.3, -0.25) is 4.90 Å². The highest BCUT2D eigenvalue weighted by atomic mass is 16.3. The van der Waals surface area contributed by atoms with E-state index >= 15 is 0 Å². The fourth-order valence-electron chi connectivity index (χ4n) is 2.67. The van der Waals surface area contributed by atoms with Crippen LogP contribution in [0.4, 0.5) is 0 Å². The maximum atomic E-state index is 5.42. The first kappa shape index (κ1) is 11.7. The first-order valence-corrected chi connectivity index (χ1v) is 6.16. The Kier molecular flexibility index (Phi) is 3.66. The summed E-state index contributed by atoms with van der Waals surface area (Å²) in [5, 5.41) is 3.41. The van der Waals surface area contributed by atoms with Crippen molar-refractivity contribution in [3.63, 3.8) is 0 Å². The van der Waals surface area contributed by atoms with Crippen LogP contribution >= 0.6 is 0 Å². The van der Waals surface area contributed by atoms with Gasteiger partial charge >= 0.3 is 0 Å². The van der Waals surface area contributed by atoms with Gasteiger partial charge in [-0.15, -0.1) is 0 Å². The highest BCUT2D eigenvalue weighted by molar-refractivity contribution is 4.99. The molecule has 1 aliphatic heterocycles. The Morgan fingerprint density at radius 2 is 2.31 bits per heavy atom. The molecule has 0 amide bonds. The molecule has 1 aromatic rings. The zero-order chi connectivity index (χ0) is 11.5. The quantitative estimate of drug-likeness (QED) is 0.849. The molecule has 0 bridgehead atoms. The van der Waals surface area contributed by atoms with E-state index in [1.807, 2.05) is 6.07 Å². The molecule has 3 nitrogen and oxygen atoms in total. The normalized spacial score (nSPS) is 31.8. The van der Waals surface area contributed by atoms with Crippen molar-refractivity contribution >= 4 is 0 Å². The molecule has 2 rings (SSSR count). The molecule has 0 aliphatic carbocycles. The average molecular weight is 222 g/mol. The van der Waals surface area contributed by atoms with Crippen LogP contribution in [0, 0.1) is 5.92 Å². The second-order valence-corrected chi connectivity index (χ2v) is 4.83. The van der Waals surface area contributed by atoms with Gasteiger partial charge in [0.15, 0.2) is 0 Å². The molecule has 0 radical (unpaired) electrons. The first-order chi connectivity index (χ1) is 7.72. The highest BCUT2D eigenvalue weighted by Crippen LogP contribution is 2.24. The average Bonchev–Trinajstić information content (AvgIpc) is 2.78. The molecule has 3 heteroatoms. The Hall–Kier alpha value is -0.800. The van der Waals surface area contributed by atoms with E-state index in [4.69, 9.17) is 4.42 Å². The van der Waals surface area contributed by atoms with Crippen LogP contribution in [-0.4, -0.2) is 30.6 Å². The maximum Gasteiger partial charge on any atom is 0.117 e. The van der Waals surface area contributed by atoms with Crippen molar-refractivity contribution in [1.82, 2.24) is 10.2 Å². The number of hydrogen-bond acceptors (Lipinski definition) is 3. The highest BCUT2D eigenvalue weighted by Gasteiger charge is 2.31. The van der Waals surface area contributed by atoms with Gasteiger partial charge in [-0.05, 0) is 38.4 Å². The molecule has 1 saturated heterocycles. The van der Waals surface area contributed by atoms with E-state index in [9.17, 15) is 0 Å². The number of rotatable bonds is 3. The summed E-state index contributed by atoms with van der Waals surface area (Å²) in [4.78, 5) is 2.51. The number of likely N-dealkylation sites (tertiary alicyclic amines) is 1. The van der Waals surface area contributed by atoms with Crippen molar-refractivity contribution in [3.8, 4) is 0 Å². The van der Waals surface area contributed by atoms with Gasteiger partial charge in [0.1, 0.15) is 5.76 Å². The lowest BCUT2D eigenvalue weighted by molar-refractivity contribution is 0.0749. The monoisotopic (exact) mass is 222 g/mol. The molecule has 90 valence electrons. The molecule has 0 spiro atoms. The second kappa shape index (κ2) is 5.02. The third-order valence-corrected chi connectivity index (χ3v) is 4.01. The largest absolute Gasteiger partial charge is 0.468 e. The van der Waals surface area contributed by atoms with Crippen molar-refractivity contribution < 1.29 is 4.42 Å². The van der Waals surface area contributed by atoms with Gasteiger partial charge in [0.2, 0.25) is 0 Å². The van der Waals surface area contributed by atoms with Crippen LogP contribution in [0.25, 0.3) is 0 Å². The van der Waals surface area contributed by atoms with Crippen LogP contribution in [0.5, 0.6) is 0 Å². The number of piperidine rings is 1. The van der Waals surface area contributed by atoms with Crippen molar-refractivity contribution in [2.45, 2.75) is 38.9 Å². The molecular weight excluding hydrogens is 200 g/mol. The third kappa shape index (κ3) is 2.30. The molecule has 1 N–H and O–H groups in total. The fraction of sp³-hybridized carbons (Fsp3) is 0.692. The van der Waals surface area contributed by atoms with Crippen molar-refractivity contribution in [2.75, 3.05) is 13.6 Å². The maximum absolute atomic E-state index is 5.42. The zero-order valence-electron chi connectivity index (χ0n) is 10.4. The zero-order valence-corrected chi connectivity index (χ0v) is 10.4. The van der Waals surface area contributed by atoms with Crippen LogP contribution in [0.2, 0.25) is 0 Å². The smallest absolute Gasteiger partial charge is 0.117 e. The Balaban J connectivity index is 1.97. The van der Waals surface area contributed by atoms with Crippen molar-refractivity contribution in [1.29, 1.82) is 0 Å². The van der Waals surface area contributed by atoms with Gasteiger partial charge in [-0.2, -0.15) is 0 Å². The van der Waals surface area contributed by atoms with E-state index in [1.165, 1.54) is 6.42 Å². The Morgan fingerprint density at radius 3 is 2.94 bits per heavy atom. The predicted molar refractivity (Wildman–Crippen MR) is 65.2 cm³/mol. The molecule has 2 heterocycles. The molecule has 3 unspecified atom stereocenters. The minimum absolute atomic E-state index is 0.608. The fourth-order valence-corrected chi connectivity index (χ4v) is 2.67. The Morgan fingerprint density at radius 1 is 1.50 bits per heavy atom. The lowest BCUT2D eigenvalue weighted by atomic mass is 9.87. The summed E-state index contributed by atoms with van der Waals surface area (Å²) in [5.41, 5.74) is 0. The van der Waals surface area contributed by atoms with E-state index in [2.05, 4.69) is 37.2 Å². The molecule has 3 atom stereocenters. The number of furan rings is 1. The molecule has 0 aromatic carbocycles. The molecular formula is C13H22N2O. The number of nitrogens with one attached hydrogen (secondary N) is 1. The molecule has 1 aromatic heterocycles. The summed E-state index contributed by atoms with van der Waals surface area (Å²) >= 11 is 0. The number of hydrogen-bond donors (Lipinski definition) is 1. The SMILES string of the molecule is CNC1CCN(Cc2ccco2)C(C)C1C. The summed E-state index contributed by atoms with van der Waals surface area (Å²) in [6.07, 6.45) is 2.98. The van der Waals surface area contributed by atoms with Crippen molar-refractivity contribution in [3.05, 3.63) is 24.2 Å². The Labute approximate surface area is 97.8 Å². The minimum Gasteiger partial charge on any atom is -0.468 e. The molecule has 1 aliphatic rings. The summed E-state index contributed by atoms with van der Waals surface area (Å²) < 4.78 is 5.42. The standard InChI is InChI=1S/C13H22N2O/c1-10-11(2)15(7-6-13(10)14-3)9-12-5-4-8-16-12/h4-5,8,10-11,13-14H,6-7,9H2,1-3H3. The third-order valence-electron chi connectivity index (χ3n) is 4.01. The van der Waals surface area contributed by atoms with Gasteiger partial charge in [0.25, 0.3) is 0 Å². The summed E-state index contributed by atoms with van der Waals surface area (Å²) in [6.45, 7) is 6.74. The second-order valence-electron chi connectivity index (χ2n) is 4.83. The molecule has 16 heavy (non-hydrogen) atoms. The van der Waals surface area contributed by atoms with E-state index in [-0.39, 0.29) is 0 Å². The topological polar surface area (TPSA) is 28.4 Å². The van der Waals surface area contributed by atoms with Gasteiger partial charge in [0.05, 0.1) is 12.8 Å². The van der Waals surface area contributed by atoms with Crippen LogP contribution in [0.3, 0.4) is 0 Å². The summed E-state index contributed by atoms with van der Waals surface area (Å²) in [5.74, 6) is 1.76. The van der Waals surface area contributed by atoms with E-state index in [0.717, 1.165) is 18.8 Å². The first-order valence-electron chi connectivity index (χ1n) is 6.16. The summed E-state index contributed by atoms with van der Waals surface area (Å²) in [6, 6.07) is 5.28. The van der Waals surface area contributed by atoms with Crippen LogP contribution in [-0.2, 0) is 6.54 Å². The van der Waals surface area contributed by atoms with E-state index in [1.54, 1.807) is 6.26 Å². The number of nitrogens with zero attached hydrogens (tertiary/aromatic N) is 1. The Bertz CT molecular complexity index is 310. The van der Waals surface area contributed by atoms with Gasteiger partial charge in [-0.25, -0.2) is 0 Å². The molecule has 0 saturated carbocycles. The van der Waals surface area contributed by atoms with Crippen LogP contribution in [0.15, 0.2) is 22.8 Å². The summed E-state index contributed by atoms with van der Waals surface area (Å²) in [7, 11) is 2.07. The lowest BCUT2D eigenvalue weighted by Gasteiger charge is -2.42. The van der Waals surface area contributed by atoms with Gasteiger partial charge in [-0.1, -0.05) is 6.92 Å². The molecule has 1 fully saturated rings. The van der Waals surface area contributed by atoms with Gasteiger partial charge in [0, 0.05) is 18.6 Å². The van der Waals surface area contributed by atoms with Crippen molar-refractivity contribution in [2.24, 2.45) is 5.92 Å². The lowest BCUT2D eigenvalue weighted by Crippen LogP contribution is -2.52.